The number of hydrogen-bond donors (Lipinski definition) is 1. The second-order valence-corrected chi connectivity index (χ2v) is 6.84. The maximum Gasteiger partial charge on any atom is 0.290 e. The van der Waals surface area contributed by atoms with Gasteiger partial charge in [-0.1, -0.05) is 41.7 Å². The summed E-state index contributed by atoms with van der Waals surface area (Å²) in [7, 11) is 0. The third-order valence-corrected chi connectivity index (χ3v) is 4.80. The van der Waals surface area contributed by atoms with Crippen LogP contribution in [0.1, 0.15) is 40.8 Å². The van der Waals surface area contributed by atoms with Crippen LogP contribution in [0.15, 0.2) is 30.3 Å². The van der Waals surface area contributed by atoms with E-state index in [4.69, 9.17) is 9.90 Å². The highest BCUT2D eigenvalue weighted by atomic mass is 32.1. The smallest absolute Gasteiger partial charge is 0.290 e. The first kappa shape index (κ1) is 18.1. The first-order valence-electron chi connectivity index (χ1n) is 7.83. The summed E-state index contributed by atoms with van der Waals surface area (Å²) in [5, 5.41) is 16.9. The lowest BCUT2D eigenvalue weighted by Crippen LogP contribution is -2.29. The van der Waals surface area contributed by atoms with Crippen molar-refractivity contribution in [3.8, 4) is 0 Å². The van der Waals surface area contributed by atoms with Crippen molar-refractivity contribution in [3.05, 3.63) is 45.9 Å². The highest BCUT2D eigenvalue weighted by Gasteiger charge is 2.24. The molecule has 24 heavy (non-hydrogen) atoms. The number of amides is 1. The lowest BCUT2D eigenvalue weighted by molar-refractivity contribution is -0.131. The van der Waals surface area contributed by atoms with Gasteiger partial charge >= 0.3 is 0 Å². The van der Waals surface area contributed by atoms with Crippen molar-refractivity contribution < 1.29 is 14.7 Å². The molecule has 0 bridgehead atoms. The lowest BCUT2D eigenvalue weighted by atomic mass is 9.92. The summed E-state index contributed by atoms with van der Waals surface area (Å²) >= 11 is 1.57. The monoisotopic (exact) mass is 347 g/mol. The zero-order valence-corrected chi connectivity index (χ0v) is 14.4. The molecule has 1 fully saturated rings. The summed E-state index contributed by atoms with van der Waals surface area (Å²) in [5.41, 5.74) is 1.35. The van der Waals surface area contributed by atoms with E-state index in [2.05, 4.69) is 34.5 Å². The van der Waals surface area contributed by atoms with Gasteiger partial charge in [0.2, 0.25) is 5.91 Å². The molecule has 1 amide bonds. The van der Waals surface area contributed by atoms with Gasteiger partial charge in [-0.3, -0.25) is 9.59 Å². The van der Waals surface area contributed by atoms with Crippen LogP contribution < -0.4 is 0 Å². The van der Waals surface area contributed by atoms with Crippen molar-refractivity contribution in [2.75, 3.05) is 6.54 Å². The fraction of sp³-hybridized carbons (Fsp3) is 0.412. The second-order valence-electron chi connectivity index (χ2n) is 5.57. The Morgan fingerprint density at radius 3 is 2.62 bits per heavy atom. The third kappa shape index (κ3) is 5.13. The summed E-state index contributed by atoms with van der Waals surface area (Å²) in [5.74, 6) is 0.720. The van der Waals surface area contributed by atoms with E-state index in [1.807, 2.05) is 17.9 Å². The van der Waals surface area contributed by atoms with E-state index >= 15 is 0 Å². The standard InChI is InChI=1S/C16H19N3OS.CH2O2/c1-12-17-18-15(21-12)11-19-10-9-14(7-8-16(19)20)13-5-3-2-4-6-13;2-1-3/h2-6,14H,7-11H2,1H3;1H,(H,2,3). The molecule has 1 unspecified atom stereocenters. The number of rotatable bonds is 3. The van der Waals surface area contributed by atoms with Crippen molar-refractivity contribution >= 4 is 23.7 Å². The molecule has 2 aromatic rings. The molecule has 1 saturated heterocycles. The topological polar surface area (TPSA) is 83.4 Å². The fourth-order valence-corrected chi connectivity index (χ4v) is 3.55. The molecule has 0 aliphatic carbocycles. The number of carboxylic acid groups (broad SMARTS) is 1. The average Bonchev–Trinajstić information content (AvgIpc) is 2.90. The van der Waals surface area contributed by atoms with E-state index in [0.29, 0.717) is 18.9 Å². The van der Waals surface area contributed by atoms with Crippen LogP contribution in [-0.4, -0.2) is 39.1 Å². The van der Waals surface area contributed by atoms with Crippen LogP contribution in [0.3, 0.4) is 0 Å². The van der Waals surface area contributed by atoms with E-state index in [1.54, 1.807) is 11.3 Å². The summed E-state index contributed by atoms with van der Waals surface area (Å²) in [4.78, 5) is 22.6. The largest absolute Gasteiger partial charge is 0.483 e. The lowest BCUT2D eigenvalue weighted by Gasteiger charge is -2.19. The van der Waals surface area contributed by atoms with Crippen LogP contribution in [0.2, 0.25) is 0 Å². The van der Waals surface area contributed by atoms with E-state index in [-0.39, 0.29) is 12.4 Å². The van der Waals surface area contributed by atoms with Crippen LogP contribution in [-0.2, 0) is 16.1 Å². The number of hydrogen-bond acceptors (Lipinski definition) is 5. The summed E-state index contributed by atoms with van der Waals surface area (Å²) in [6.45, 7) is 3.10. The number of carbonyl (C=O) groups excluding carboxylic acids is 1. The first-order chi connectivity index (χ1) is 11.6. The SMILES string of the molecule is Cc1nnc(CN2CCC(c3ccccc3)CCC2=O)s1.O=CO. The molecular weight excluding hydrogens is 326 g/mol. The van der Waals surface area contributed by atoms with Gasteiger partial charge in [0, 0.05) is 13.0 Å². The van der Waals surface area contributed by atoms with Gasteiger partial charge in [0.1, 0.15) is 10.0 Å². The summed E-state index contributed by atoms with van der Waals surface area (Å²) in [6.07, 6.45) is 2.58. The van der Waals surface area contributed by atoms with Crippen molar-refractivity contribution in [2.24, 2.45) is 0 Å². The van der Waals surface area contributed by atoms with Crippen LogP contribution in [0.4, 0.5) is 0 Å². The predicted molar refractivity (Wildman–Crippen MR) is 91.8 cm³/mol. The number of carbonyl (C=O) groups is 2. The van der Waals surface area contributed by atoms with E-state index in [1.165, 1.54) is 5.56 Å². The minimum absolute atomic E-state index is 0.237. The van der Waals surface area contributed by atoms with Crippen LogP contribution in [0, 0.1) is 6.92 Å². The normalized spacial score (nSPS) is 17.6. The van der Waals surface area contributed by atoms with Gasteiger partial charge in [0.05, 0.1) is 6.54 Å². The number of likely N-dealkylation sites (tertiary alicyclic amines) is 1. The molecule has 6 nitrogen and oxygen atoms in total. The molecule has 1 aliphatic rings. The van der Waals surface area contributed by atoms with Crippen LogP contribution in [0.25, 0.3) is 0 Å². The number of aryl methyl sites for hydroxylation is 1. The van der Waals surface area contributed by atoms with Gasteiger partial charge < -0.3 is 10.0 Å². The number of nitrogens with zero attached hydrogens (tertiary/aromatic N) is 3. The van der Waals surface area contributed by atoms with Gasteiger partial charge in [-0.15, -0.1) is 10.2 Å². The quantitative estimate of drug-likeness (QED) is 0.863. The molecule has 128 valence electrons. The minimum atomic E-state index is -0.250. The van der Waals surface area contributed by atoms with Gasteiger partial charge in [0.15, 0.2) is 0 Å². The molecule has 1 N–H and O–H groups in total. The first-order valence-corrected chi connectivity index (χ1v) is 8.65. The fourth-order valence-electron chi connectivity index (χ4n) is 2.83. The Morgan fingerprint density at radius 1 is 1.29 bits per heavy atom. The Balaban J connectivity index is 0.000000647. The van der Waals surface area contributed by atoms with Crippen molar-refractivity contribution in [1.29, 1.82) is 0 Å². The zero-order valence-electron chi connectivity index (χ0n) is 13.6. The molecule has 0 spiro atoms. The molecule has 0 radical (unpaired) electrons. The third-order valence-electron chi connectivity index (χ3n) is 3.97. The molecule has 0 saturated carbocycles. The molecule has 1 atom stereocenters. The molecule has 1 aromatic carbocycles. The summed E-state index contributed by atoms with van der Waals surface area (Å²) < 4.78 is 0. The maximum atomic E-state index is 12.3. The Labute approximate surface area is 145 Å². The summed E-state index contributed by atoms with van der Waals surface area (Å²) in [6, 6.07) is 10.5. The second kappa shape index (κ2) is 9.12. The molecule has 3 rings (SSSR count). The Kier molecular flexibility index (Phi) is 6.87. The van der Waals surface area contributed by atoms with Crippen molar-refractivity contribution in [1.82, 2.24) is 15.1 Å². The Morgan fingerprint density at radius 2 is 2.00 bits per heavy atom. The highest BCUT2D eigenvalue weighted by Crippen LogP contribution is 2.29. The Bertz CT molecular complexity index is 660. The number of benzene rings is 1. The minimum Gasteiger partial charge on any atom is -0.483 e. The van der Waals surface area contributed by atoms with Gasteiger partial charge in [-0.25, -0.2) is 0 Å². The maximum absolute atomic E-state index is 12.3. The molecular formula is C17H21N3O3S. The Hall–Kier alpha value is -2.28. The molecule has 2 heterocycles. The highest BCUT2D eigenvalue weighted by molar-refractivity contribution is 7.11. The number of aromatic nitrogens is 2. The van der Waals surface area contributed by atoms with Gasteiger partial charge in [-0.05, 0) is 31.2 Å². The van der Waals surface area contributed by atoms with Crippen molar-refractivity contribution in [3.63, 3.8) is 0 Å². The van der Waals surface area contributed by atoms with Crippen LogP contribution in [0.5, 0.6) is 0 Å². The van der Waals surface area contributed by atoms with Crippen molar-refractivity contribution in [2.45, 2.75) is 38.6 Å². The molecule has 7 heteroatoms. The van der Waals surface area contributed by atoms with Gasteiger partial charge in [0.25, 0.3) is 6.47 Å². The van der Waals surface area contributed by atoms with Crippen LogP contribution >= 0.6 is 11.3 Å². The molecule has 1 aliphatic heterocycles. The van der Waals surface area contributed by atoms with Gasteiger partial charge in [-0.2, -0.15) is 0 Å². The van der Waals surface area contributed by atoms with E-state index < -0.39 is 0 Å². The zero-order chi connectivity index (χ0) is 17.4. The van der Waals surface area contributed by atoms with E-state index in [0.717, 1.165) is 29.4 Å². The average molecular weight is 347 g/mol. The molecule has 1 aromatic heterocycles. The predicted octanol–water partition coefficient (Wildman–Crippen LogP) is 2.84. The van der Waals surface area contributed by atoms with E-state index in [9.17, 15) is 4.79 Å².